The average Bonchev–Trinajstić information content (AvgIpc) is 3.37. The highest BCUT2D eigenvalue weighted by Crippen LogP contribution is 2.30. The molecular formula is C19H24N4O2. The van der Waals surface area contributed by atoms with Crippen molar-refractivity contribution >= 4 is 11.7 Å². The first-order valence-electron chi connectivity index (χ1n) is 8.95. The molecule has 1 aromatic heterocycles. The zero-order chi connectivity index (χ0) is 17.2. The van der Waals surface area contributed by atoms with E-state index in [-0.39, 0.29) is 6.03 Å². The first-order chi connectivity index (χ1) is 12.2. The highest BCUT2D eigenvalue weighted by molar-refractivity contribution is 5.90. The Morgan fingerprint density at radius 3 is 3.00 bits per heavy atom. The number of urea groups is 1. The molecule has 25 heavy (non-hydrogen) atoms. The lowest BCUT2D eigenvalue weighted by atomic mass is 9.91. The van der Waals surface area contributed by atoms with E-state index in [1.165, 1.54) is 0 Å². The number of aryl methyl sites for hydroxylation is 1. The van der Waals surface area contributed by atoms with Gasteiger partial charge >= 0.3 is 6.03 Å². The Balaban J connectivity index is 1.43. The van der Waals surface area contributed by atoms with Gasteiger partial charge < -0.3 is 15.0 Å². The molecule has 2 saturated heterocycles. The molecule has 2 aliphatic rings. The van der Waals surface area contributed by atoms with Crippen LogP contribution in [0.5, 0.6) is 0 Å². The van der Waals surface area contributed by atoms with Crippen molar-refractivity contribution in [2.45, 2.75) is 19.8 Å². The summed E-state index contributed by atoms with van der Waals surface area (Å²) in [4.78, 5) is 14.6. The van der Waals surface area contributed by atoms with E-state index in [0.717, 1.165) is 56.1 Å². The van der Waals surface area contributed by atoms with Gasteiger partial charge in [0.15, 0.2) is 0 Å². The highest BCUT2D eigenvalue weighted by Gasteiger charge is 2.33. The number of hydrogen-bond donors (Lipinski definition) is 1. The molecule has 2 amide bonds. The predicted molar refractivity (Wildman–Crippen MR) is 95.9 cm³/mol. The number of nitrogens with zero attached hydrogens (tertiary/aromatic N) is 3. The Bertz CT molecular complexity index is 738. The monoisotopic (exact) mass is 340 g/mol. The van der Waals surface area contributed by atoms with Crippen LogP contribution in [0.25, 0.3) is 5.69 Å². The number of ether oxygens (including phenoxy) is 1. The maximum absolute atomic E-state index is 12.7. The van der Waals surface area contributed by atoms with Crippen molar-refractivity contribution in [3.05, 3.63) is 42.2 Å². The summed E-state index contributed by atoms with van der Waals surface area (Å²) < 4.78 is 7.29. The summed E-state index contributed by atoms with van der Waals surface area (Å²) in [5.41, 5.74) is 2.82. The van der Waals surface area contributed by atoms with Gasteiger partial charge in [0.1, 0.15) is 0 Å². The number of benzene rings is 1. The van der Waals surface area contributed by atoms with Gasteiger partial charge in [0.05, 0.1) is 5.69 Å². The van der Waals surface area contributed by atoms with E-state index in [9.17, 15) is 4.79 Å². The average molecular weight is 340 g/mol. The molecule has 2 atom stereocenters. The van der Waals surface area contributed by atoms with Crippen LogP contribution in [0.1, 0.15) is 18.4 Å². The molecule has 0 radical (unpaired) electrons. The maximum Gasteiger partial charge on any atom is 0.321 e. The van der Waals surface area contributed by atoms with Crippen molar-refractivity contribution in [3.63, 3.8) is 0 Å². The quantitative estimate of drug-likeness (QED) is 0.934. The third-order valence-electron chi connectivity index (χ3n) is 5.38. The molecule has 4 rings (SSSR count). The third-order valence-corrected chi connectivity index (χ3v) is 5.38. The number of anilines is 1. The molecule has 6 heteroatoms. The van der Waals surface area contributed by atoms with Gasteiger partial charge in [0, 0.05) is 44.4 Å². The molecule has 0 aliphatic carbocycles. The highest BCUT2D eigenvalue weighted by atomic mass is 16.5. The van der Waals surface area contributed by atoms with Gasteiger partial charge in [-0.1, -0.05) is 6.07 Å². The molecule has 3 heterocycles. The van der Waals surface area contributed by atoms with Crippen molar-refractivity contribution in [1.82, 2.24) is 14.7 Å². The molecule has 1 N–H and O–H groups in total. The fourth-order valence-electron chi connectivity index (χ4n) is 3.78. The molecular weight excluding hydrogens is 316 g/mol. The van der Waals surface area contributed by atoms with E-state index in [0.29, 0.717) is 11.8 Å². The first-order valence-corrected chi connectivity index (χ1v) is 8.95. The summed E-state index contributed by atoms with van der Waals surface area (Å²) in [7, 11) is 0. The van der Waals surface area contributed by atoms with Crippen LogP contribution in [0.15, 0.2) is 36.7 Å². The second-order valence-corrected chi connectivity index (χ2v) is 7.00. The smallest absolute Gasteiger partial charge is 0.321 e. The van der Waals surface area contributed by atoms with Crippen LogP contribution < -0.4 is 5.32 Å². The van der Waals surface area contributed by atoms with Crippen LogP contribution >= 0.6 is 0 Å². The SMILES string of the molecule is Cc1ccc(-n2cccn2)cc1NC(=O)N1CC[C@@H]([C@H]2CCOC2)C1. The largest absolute Gasteiger partial charge is 0.381 e. The van der Waals surface area contributed by atoms with Crippen LogP contribution in [0, 0.1) is 18.8 Å². The van der Waals surface area contributed by atoms with E-state index in [1.807, 2.05) is 42.3 Å². The Labute approximate surface area is 147 Å². The molecule has 132 valence electrons. The lowest BCUT2D eigenvalue weighted by molar-refractivity contribution is 0.171. The molecule has 0 saturated carbocycles. The maximum atomic E-state index is 12.7. The lowest BCUT2D eigenvalue weighted by Gasteiger charge is -2.20. The molecule has 2 aliphatic heterocycles. The van der Waals surface area contributed by atoms with Gasteiger partial charge in [-0.2, -0.15) is 5.10 Å². The number of amides is 2. The Hall–Kier alpha value is -2.34. The van der Waals surface area contributed by atoms with Crippen molar-refractivity contribution in [2.75, 3.05) is 31.6 Å². The molecule has 2 fully saturated rings. The molecule has 6 nitrogen and oxygen atoms in total. The van der Waals surface area contributed by atoms with Gasteiger partial charge in [-0.05, 0) is 55.4 Å². The Kier molecular flexibility index (Phi) is 4.44. The lowest BCUT2D eigenvalue weighted by Crippen LogP contribution is -2.34. The van der Waals surface area contributed by atoms with E-state index < -0.39 is 0 Å². The van der Waals surface area contributed by atoms with Crippen molar-refractivity contribution in [1.29, 1.82) is 0 Å². The van der Waals surface area contributed by atoms with Gasteiger partial charge in [0.2, 0.25) is 0 Å². The normalized spacial score (nSPS) is 23.2. The number of hydrogen-bond acceptors (Lipinski definition) is 3. The van der Waals surface area contributed by atoms with Gasteiger partial charge in [-0.25, -0.2) is 9.48 Å². The van der Waals surface area contributed by atoms with Crippen LogP contribution in [-0.2, 0) is 4.74 Å². The number of rotatable bonds is 3. The molecule has 0 spiro atoms. The zero-order valence-corrected chi connectivity index (χ0v) is 14.5. The minimum absolute atomic E-state index is 0.0119. The van der Waals surface area contributed by atoms with Crippen LogP contribution in [0.3, 0.4) is 0 Å². The topological polar surface area (TPSA) is 59.4 Å². The predicted octanol–water partition coefficient (Wildman–Crippen LogP) is 3.07. The first kappa shape index (κ1) is 16.1. The van der Waals surface area contributed by atoms with Crippen molar-refractivity contribution in [2.24, 2.45) is 11.8 Å². The Morgan fingerprint density at radius 1 is 1.32 bits per heavy atom. The Morgan fingerprint density at radius 2 is 2.24 bits per heavy atom. The minimum atomic E-state index is -0.0119. The molecule has 0 unspecified atom stereocenters. The molecule has 1 aromatic carbocycles. The molecule has 2 aromatic rings. The van der Waals surface area contributed by atoms with Crippen LogP contribution in [0.2, 0.25) is 0 Å². The van der Waals surface area contributed by atoms with Crippen LogP contribution in [0.4, 0.5) is 10.5 Å². The zero-order valence-electron chi connectivity index (χ0n) is 14.5. The van der Waals surface area contributed by atoms with E-state index >= 15 is 0 Å². The number of nitrogens with one attached hydrogen (secondary N) is 1. The summed E-state index contributed by atoms with van der Waals surface area (Å²) in [6.45, 7) is 5.38. The van der Waals surface area contributed by atoms with Crippen molar-refractivity contribution < 1.29 is 9.53 Å². The minimum Gasteiger partial charge on any atom is -0.381 e. The molecule has 0 bridgehead atoms. The van der Waals surface area contributed by atoms with E-state index in [2.05, 4.69) is 10.4 Å². The second kappa shape index (κ2) is 6.88. The van der Waals surface area contributed by atoms with Gasteiger partial charge in [-0.3, -0.25) is 0 Å². The van der Waals surface area contributed by atoms with Gasteiger partial charge in [-0.15, -0.1) is 0 Å². The summed E-state index contributed by atoms with van der Waals surface area (Å²) in [5.74, 6) is 1.19. The number of carbonyl (C=O) groups is 1. The third kappa shape index (κ3) is 3.39. The summed E-state index contributed by atoms with van der Waals surface area (Å²) >= 11 is 0. The second-order valence-electron chi connectivity index (χ2n) is 7.00. The number of likely N-dealkylation sites (tertiary alicyclic amines) is 1. The fourth-order valence-corrected chi connectivity index (χ4v) is 3.78. The van der Waals surface area contributed by atoms with Crippen molar-refractivity contribution in [3.8, 4) is 5.69 Å². The summed E-state index contributed by atoms with van der Waals surface area (Å²) in [6, 6.07) is 7.86. The van der Waals surface area contributed by atoms with E-state index in [1.54, 1.807) is 10.9 Å². The number of aromatic nitrogens is 2. The summed E-state index contributed by atoms with van der Waals surface area (Å²) in [5, 5.41) is 7.33. The standard InChI is InChI=1S/C19H24N4O2/c1-14-3-4-17(23-8-2-7-20-23)11-18(14)21-19(24)22-9-5-15(12-22)16-6-10-25-13-16/h2-4,7-8,11,15-16H,5-6,9-10,12-13H2,1H3,(H,21,24)/t15-,16+/m1/s1. The van der Waals surface area contributed by atoms with E-state index in [4.69, 9.17) is 4.74 Å². The summed E-state index contributed by atoms with van der Waals surface area (Å²) in [6.07, 6.45) is 5.85. The van der Waals surface area contributed by atoms with Gasteiger partial charge in [0.25, 0.3) is 0 Å². The number of carbonyl (C=O) groups excluding carboxylic acids is 1. The van der Waals surface area contributed by atoms with Crippen LogP contribution in [-0.4, -0.2) is 47.0 Å². The fraction of sp³-hybridized carbons (Fsp3) is 0.474.